The van der Waals surface area contributed by atoms with E-state index in [1.165, 1.54) is 18.3 Å². The molecular weight excluding hydrogens is 275 g/mol. The van der Waals surface area contributed by atoms with Crippen LogP contribution in [0.25, 0.3) is 0 Å². The van der Waals surface area contributed by atoms with Crippen molar-refractivity contribution in [1.82, 2.24) is 4.98 Å². The predicted molar refractivity (Wildman–Crippen MR) is 69.7 cm³/mol. The number of aromatic nitrogens is 1. The lowest BCUT2D eigenvalue weighted by molar-refractivity contribution is 0.496. The van der Waals surface area contributed by atoms with E-state index in [0.29, 0.717) is 17.4 Å². The fourth-order valence-electron chi connectivity index (χ4n) is 1.42. The Labute approximate surface area is 112 Å². The van der Waals surface area contributed by atoms with Gasteiger partial charge in [0, 0.05) is 24.0 Å². The van der Waals surface area contributed by atoms with Crippen LogP contribution in [0.3, 0.4) is 0 Å². The van der Waals surface area contributed by atoms with E-state index in [-0.39, 0.29) is 10.7 Å². The zero-order valence-electron chi connectivity index (χ0n) is 9.45. The Morgan fingerprint density at radius 3 is 2.47 bits per heavy atom. The summed E-state index contributed by atoms with van der Waals surface area (Å²) in [7, 11) is 0. The largest absolute Gasteiger partial charge is 0.388 e. The van der Waals surface area contributed by atoms with Crippen molar-refractivity contribution in [2.24, 2.45) is 5.73 Å². The monoisotopic (exact) mass is 283 g/mol. The third kappa shape index (κ3) is 3.00. The molecule has 98 valence electrons. The molecular formula is C12H8F3N3S. The molecule has 0 amide bonds. The van der Waals surface area contributed by atoms with Gasteiger partial charge >= 0.3 is 0 Å². The Bertz CT molecular complexity index is 646. The van der Waals surface area contributed by atoms with E-state index in [4.69, 9.17) is 18.0 Å². The lowest BCUT2D eigenvalue weighted by atomic mass is 10.2. The van der Waals surface area contributed by atoms with E-state index in [1.807, 2.05) is 0 Å². The minimum atomic E-state index is -1.25. The zero-order valence-corrected chi connectivity index (χ0v) is 10.3. The Balaban J connectivity index is 2.33. The summed E-state index contributed by atoms with van der Waals surface area (Å²) in [5.41, 5.74) is 5.95. The molecule has 0 radical (unpaired) electrons. The van der Waals surface area contributed by atoms with E-state index in [9.17, 15) is 13.2 Å². The number of nitrogens with one attached hydrogen (secondary N) is 1. The molecule has 3 N–H and O–H groups in total. The van der Waals surface area contributed by atoms with Crippen molar-refractivity contribution in [2.75, 3.05) is 5.32 Å². The van der Waals surface area contributed by atoms with Crippen LogP contribution in [0.15, 0.2) is 30.5 Å². The maximum atomic E-state index is 13.4. The molecule has 0 aliphatic rings. The van der Waals surface area contributed by atoms with Gasteiger partial charge in [-0.3, -0.25) is 4.98 Å². The molecule has 0 aliphatic carbocycles. The van der Waals surface area contributed by atoms with Crippen molar-refractivity contribution in [3.05, 3.63) is 53.6 Å². The second-order valence-electron chi connectivity index (χ2n) is 3.67. The minimum absolute atomic E-state index is 0.0782. The topological polar surface area (TPSA) is 50.9 Å². The van der Waals surface area contributed by atoms with Crippen LogP contribution in [0.1, 0.15) is 5.69 Å². The Kier molecular flexibility index (Phi) is 3.66. The van der Waals surface area contributed by atoms with Crippen molar-refractivity contribution >= 4 is 28.6 Å². The summed E-state index contributed by atoms with van der Waals surface area (Å²) < 4.78 is 39.3. The number of thiocarbonyl (C=S) groups is 1. The summed E-state index contributed by atoms with van der Waals surface area (Å²) >= 11 is 4.75. The van der Waals surface area contributed by atoms with Gasteiger partial charge in [0.1, 0.15) is 10.8 Å². The normalized spacial score (nSPS) is 10.3. The Hall–Kier alpha value is -2.15. The number of nitrogens with two attached hydrogens (primary N) is 1. The Morgan fingerprint density at radius 1 is 1.11 bits per heavy atom. The fraction of sp³-hybridized carbons (Fsp3) is 0. The first-order chi connectivity index (χ1) is 8.97. The van der Waals surface area contributed by atoms with Crippen molar-refractivity contribution in [1.29, 1.82) is 0 Å². The maximum absolute atomic E-state index is 13.4. The van der Waals surface area contributed by atoms with Gasteiger partial charge in [0.2, 0.25) is 0 Å². The van der Waals surface area contributed by atoms with Crippen molar-refractivity contribution < 1.29 is 13.2 Å². The van der Waals surface area contributed by atoms with Gasteiger partial charge in [0.05, 0.1) is 11.4 Å². The van der Waals surface area contributed by atoms with E-state index in [0.717, 1.165) is 6.07 Å². The van der Waals surface area contributed by atoms with Crippen molar-refractivity contribution in [3.8, 4) is 0 Å². The second-order valence-corrected chi connectivity index (χ2v) is 4.10. The van der Waals surface area contributed by atoms with Crippen LogP contribution < -0.4 is 11.1 Å². The van der Waals surface area contributed by atoms with E-state index in [2.05, 4.69) is 10.3 Å². The molecule has 0 atom stereocenters. The molecule has 2 rings (SSSR count). The number of halogens is 3. The molecule has 2 aromatic rings. The predicted octanol–water partition coefficient (Wildman–Crippen LogP) is 2.88. The van der Waals surface area contributed by atoms with Crippen LogP contribution >= 0.6 is 12.2 Å². The van der Waals surface area contributed by atoms with Gasteiger partial charge in [-0.2, -0.15) is 0 Å². The van der Waals surface area contributed by atoms with Gasteiger partial charge in [0.15, 0.2) is 11.6 Å². The van der Waals surface area contributed by atoms with E-state index < -0.39 is 17.5 Å². The smallest absolute Gasteiger partial charge is 0.161 e. The standard InChI is InChI=1S/C12H8F3N3S/c13-7-4-9(15)10(5-8(7)14)18-6-1-2-17-11(3-6)12(16)19/h1-5H,(H2,16,19)(H,17,18). The molecule has 1 aromatic carbocycles. The molecule has 0 spiro atoms. The van der Waals surface area contributed by atoms with Gasteiger partial charge in [-0.05, 0) is 12.1 Å². The molecule has 1 aromatic heterocycles. The molecule has 1 heterocycles. The summed E-state index contributed by atoms with van der Waals surface area (Å²) in [5.74, 6) is -3.30. The van der Waals surface area contributed by atoms with Crippen LogP contribution in [-0.2, 0) is 0 Å². The highest BCUT2D eigenvalue weighted by molar-refractivity contribution is 7.80. The van der Waals surface area contributed by atoms with E-state index >= 15 is 0 Å². The molecule has 0 fully saturated rings. The van der Waals surface area contributed by atoms with Crippen molar-refractivity contribution in [2.45, 2.75) is 0 Å². The third-order valence-corrected chi connectivity index (χ3v) is 2.51. The summed E-state index contributed by atoms with van der Waals surface area (Å²) in [6, 6.07) is 4.18. The van der Waals surface area contributed by atoms with Crippen LogP contribution in [0.5, 0.6) is 0 Å². The van der Waals surface area contributed by atoms with Gasteiger partial charge in [-0.25, -0.2) is 13.2 Å². The highest BCUT2D eigenvalue weighted by Gasteiger charge is 2.10. The number of nitrogens with zero attached hydrogens (tertiary/aromatic N) is 1. The highest BCUT2D eigenvalue weighted by atomic mass is 32.1. The molecule has 19 heavy (non-hydrogen) atoms. The molecule has 0 unspecified atom stereocenters. The van der Waals surface area contributed by atoms with Gasteiger partial charge in [-0.1, -0.05) is 12.2 Å². The molecule has 0 saturated carbocycles. The van der Waals surface area contributed by atoms with E-state index in [1.54, 1.807) is 0 Å². The maximum Gasteiger partial charge on any atom is 0.161 e. The number of hydrogen-bond donors (Lipinski definition) is 2. The number of hydrogen-bond acceptors (Lipinski definition) is 3. The first kappa shape index (κ1) is 13.3. The first-order valence-corrected chi connectivity index (χ1v) is 5.55. The number of benzene rings is 1. The third-order valence-electron chi connectivity index (χ3n) is 2.30. The number of rotatable bonds is 3. The van der Waals surface area contributed by atoms with Crippen LogP contribution in [0.4, 0.5) is 24.5 Å². The molecule has 7 heteroatoms. The lowest BCUT2D eigenvalue weighted by Gasteiger charge is -2.09. The molecule has 0 aliphatic heterocycles. The number of pyridine rings is 1. The number of anilines is 2. The molecule has 3 nitrogen and oxygen atoms in total. The average molecular weight is 283 g/mol. The summed E-state index contributed by atoms with van der Waals surface area (Å²) in [6.45, 7) is 0. The van der Waals surface area contributed by atoms with Crippen molar-refractivity contribution in [3.63, 3.8) is 0 Å². The molecule has 0 saturated heterocycles. The second kappa shape index (κ2) is 5.23. The highest BCUT2D eigenvalue weighted by Crippen LogP contribution is 2.22. The summed E-state index contributed by atoms with van der Waals surface area (Å²) in [6.07, 6.45) is 1.41. The Morgan fingerprint density at radius 2 is 1.79 bits per heavy atom. The first-order valence-electron chi connectivity index (χ1n) is 5.15. The summed E-state index contributed by atoms with van der Waals surface area (Å²) in [4.78, 5) is 3.98. The van der Waals surface area contributed by atoms with Crippen LogP contribution in [-0.4, -0.2) is 9.97 Å². The average Bonchev–Trinajstić information content (AvgIpc) is 2.36. The zero-order chi connectivity index (χ0) is 14.0. The van der Waals surface area contributed by atoms with Crippen LogP contribution in [0.2, 0.25) is 0 Å². The SMILES string of the molecule is NC(=S)c1cc(Nc2cc(F)c(F)cc2F)ccn1. The van der Waals surface area contributed by atoms with Gasteiger partial charge < -0.3 is 11.1 Å². The van der Waals surface area contributed by atoms with Crippen LogP contribution in [0, 0.1) is 17.5 Å². The lowest BCUT2D eigenvalue weighted by Crippen LogP contribution is -2.11. The van der Waals surface area contributed by atoms with Gasteiger partial charge in [0.25, 0.3) is 0 Å². The fourth-order valence-corrected chi connectivity index (χ4v) is 1.53. The minimum Gasteiger partial charge on any atom is -0.388 e. The van der Waals surface area contributed by atoms with Gasteiger partial charge in [-0.15, -0.1) is 0 Å². The molecule has 0 bridgehead atoms. The quantitative estimate of drug-likeness (QED) is 0.672. The summed E-state index contributed by atoms with van der Waals surface area (Å²) in [5, 5.41) is 2.60.